The monoisotopic (exact) mass is 246 g/mol. The number of para-hydroxylation sites is 1. The number of nitrogens with two attached hydrogens (primary N) is 1. The summed E-state index contributed by atoms with van der Waals surface area (Å²) in [5.41, 5.74) is 8.83. The molecule has 0 radical (unpaired) electrons. The van der Waals surface area contributed by atoms with E-state index in [2.05, 4.69) is 43.0 Å². The van der Waals surface area contributed by atoms with Crippen LogP contribution in [0.15, 0.2) is 24.3 Å². The van der Waals surface area contributed by atoms with Gasteiger partial charge in [-0.15, -0.1) is 0 Å². The van der Waals surface area contributed by atoms with Crippen molar-refractivity contribution in [1.82, 2.24) is 0 Å². The first-order chi connectivity index (χ1) is 8.70. The first kappa shape index (κ1) is 13.4. The highest BCUT2D eigenvalue weighted by atomic mass is 15.1. The van der Waals surface area contributed by atoms with Gasteiger partial charge in [0.1, 0.15) is 0 Å². The normalized spacial score (nSPS) is 16.1. The van der Waals surface area contributed by atoms with E-state index in [9.17, 15) is 0 Å². The molecular weight excluding hydrogens is 220 g/mol. The van der Waals surface area contributed by atoms with Crippen molar-refractivity contribution in [3.8, 4) is 0 Å². The largest absolute Gasteiger partial charge is 0.371 e. The maximum Gasteiger partial charge on any atom is 0.0399 e. The van der Waals surface area contributed by atoms with Crippen LogP contribution in [0.3, 0.4) is 0 Å². The van der Waals surface area contributed by atoms with E-state index >= 15 is 0 Å². The van der Waals surface area contributed by atoms with Gasteiger partial charge in [-0.1, -0.05) is 32.0 Å². The third-order valence-corrected chi connectivity index (χ3v) is 3.93. The molecule has 0 saturated carbocycles. The average Bonchev–Trinajstić information content (AvgIpc) is 2.77. The Morgan fingerprint density at radius 3 is 2.78 bits per heavy atom. The molecule has 0 spiro atoms. The Hall–Kier alpha value is -1.02. The van der Waals surface area contributed by atoms with Crippen LogP contribution >= 0.6 is 0 Å². The lowest BCUT2D eigenvalue weighted by Gasteiger charge is -2.23. The lowest BCUT2D eigenvalue weighted by atomic mass is 9.94. The fraction of sp³-hybridized carbons (Fsp3) is 0.625. The lowest BCUT2D eigenvalue weighted by Crippen LogP contribution is -2.26. The molecule has 1 atom stereocenters. The summed E-state index contributed by atoms with van der Waals surface area (Å²) in [6, 6.07) is 8.79. The average molecular weight is 246 g/mol. The van der Waals surface area contributed by atoms with Crippen LogP contribution in [0.1, 0.15) is 32.3 Å². The lowest BCUT2D eigenvalue weighted by molar-refractivity contribution is 0.395. The topological polar surface area (TPSA) is 29.3 Å². The fourth-order valence-electron chi connectivity index (χ4n) is 2.98. The van der Waals surface area contributed by atoms with E-state index < -0.39 is 0 Å². The number of fused-ring (bicyclic) bond motifs is 1. The summed E-state index contributed by atoms with van der Waals surface area (Å²) >= 11 is 0. The molecule has 18 heavy (non-hydrogen) atoms. The summed E-state index contributed by atoms with van der Waals surface area (Å²) in [5, 5.41) is 0. The molecule has 1 aliphatic rings. The standard InChI is InChI=1S/C16H26N2/c1-13(2)11-14(12-17)7-9-18-10-8-15-5-3-4-6-16(15)18/h3-6,13-14H,7-12,17H2,1-2H3. The Morgan fingerprint density at radius 1 is 1.28 bits per heavy atom. The Labute approximate surface area is 111 Å². The van der Waals surface area contributed by atoms with Crippen molar-refractivity contribution in [2.75, 3.05) is 24.5 Å². The fourth-order valence-corrected chi connectivity index (χ4v) is 2.98. The summed E-state index contributed by atoms with van der Waals surface area (Å²) in [6.07, 6.45) is 3.68. The van der Waals surface area contributed by atoms with Gasteiger partial charge in [-0.2, -0.15) is 0 Å². The van der Waals surface area contributed by atoms with Gasteiger partial charge in [0.2, 0.25) is 0 Å². The van der Waals surface area contributed by atoms with Crippen molar-refractivity contribution in [1.29, 1.82) is 0 Å². The van der Waals surface area contributed by atoms with E-state index in [1.54, 1.807) is 0 Å². The zero-order valence-electron chi connectivity index (χ0n) is 11.7. The molecule has 2 N–H and O–H groups in total. The van der Waals surface area contributed by atoms with E-state index in [-0.39, 0.29) is 0 Å². The second kappa shape index (κ2) is 6.24. The number of hydrogen-bond donors (Lipinski definition) is 1. The van der Waals surface area contributed by atoms with Gasteiger partial charge in [0.05, 0.1) is 0 Å². The highest BCUT2D eigenvalue weighted by molar-refractivity contribution is 5.57. The third kappa shape index (κ3) is 3.26. The Balaban J connectivity index is 1.88. The predicted octanol–water partition coefficient (Wildman–Crippen LogP) is 3.06. The van der Waals surface area contributed by atoms with Crippen LogP contribution in [0.4, 0.5) is 5.69 Å². The van der Waals surface area contributed by atoms with E-state index in [0.29, 0.717) is 5.92 Å². The number of anilines is 1. The van der Waals surface area contributed by atoms with Crippen LogP contribution in [-0.4, -0.2) is 19.6 Å². The van der Waals surface area contributed by atoms with Crippen molar-refractivity contribution in [3.05, 3.63) is 29.8 Å². The van der Waals surface area contributed by atoms with Crippen molar-refractivity contribution in [2.45, 2.75) is 33.1 Å². The number of benzene rings is 1. The van der Waals surface area contributed by atoms with Crippen LogP contribution < -0.4 is 10.6 Å². The van der Waals surface area contributed by atoms with Gasteiger partial charge in [0.25, 0.3) is 0 Å². The molecule has 2 rings (SSSR count). The molecule has 0 bridgehead atoms. The van der Waals surface area contributed by atoms with Gasteiger partial charge in [0.15, 0.2) is 0 Å². The maximum absolute atomic E-state index is 5.88. The third-order valence-electron chi connectivity index (χ3n) is 3.93. The molecule has 0 amide bonds. The number of hydrogen-bond acceptors (Lipinski definition) is 2. The summed E-state index contributed by atoms with van der Waals surface area (Å²) in [6.45, 7) is 7.74. The van der Waals surface area contributed by atoms with Gasteiger partial charge in [-0.25, -0.2) is 0 Å². The molecule has 0 fully saturated rings. The molecular formula is C16H26N2. The van der Waals surface area contributed by atoms with Crippen molar-refractivity contribution in [3.63, 3.8) is 0 Å². The summed E-state index contributed by atoms with van der Waals surface area (Å²) in [4.78, 5) is 2.53. The minimum Gasteiger partial charge on any atom is -0.371 e. The second-order valence-electron chi connectivity index (χ2n) is 5.89. The van der Waals surface area contributed by atoms with E-state index in [4.69, 9.17) is 5.73 Å². The quantitative estimate of drug-likeness (QED) is 0.836. The molecule has 1 unspecified atom stereocenters. The second-order valence-corrected chi connectivity index (χ2v) is 5.89. The first-order valence-corrected chi connectivity index (χ1v) is 7.23. The first-order valence-electron chi connectivity index (χ1n) is 7.23. The molecule has 1 heterocycles. The molecule has 100 valence electrons. The van der Waals surface area contributed by atoms with Crippen LogP contribution in [0.2, 0.25) is 0 Å². The zero-order valence-corrected chi connectivity index (χ0v) is 11.7. The number of rotatable bonds is 6. The van der Waals surface area contributed by atoms with Crippen molar-refractivity contribution >= 4 is 5.69 Å². The zero-order chi connectivity index (χ0) is 13.0. The Kier molecular flexibility index (Phi) is 4.65. The van der Waals surface area contributed by atoms with Gasteiger partial charge in [0, 0.05) is 18.8 Å². The summed E-state index contributed by atoms with van der Waals surface area (Å²) in [7, 11) is 0. The van der Waals surface area contributed by atoms with Crippen LogP contribution in [0.5, 0.6) is 0 Å². The molecule has 0 aromatic heterocycles. The number of nitrogens with zero attached hydrogens (tertiary/aromatic N) is 1. The van der Waals surface area contributed by atoms with Crippen LogP contribution in [-0.2, 0) is 6.42 Å². The SMILES string of the molecule is CC(C)CC(CN)CCN1CCc2ccccc21. The van der Waals surface area contributed by atoms with E-state index in [1.807, 2.05) is 0 Å². The Bertz CT molecular complexity index is 373. The van der Waals surface area contributed by atoms with Crippen molar-refractivity contribution in [2.24, 2.45) is 17.6 Å². The van der Waals surface area contributed by atoms with Crippen LogP contribution in [0.25, 0.3) is 0 Å². The minimum atomic E-state index is 0.678. The molecule has 0 saturated heterocycles. The molecule has 1 aromatic carbocycles. The molecule has 2 nitrogen and oxygen atoms in total. The summed E-state index contributed by atoms with van der Waals surface area (Å²) < 4.78 is 0. The molecule has 0 aliphatic carbocycles. The maximum atomic E-state index is 5.88. The van der Waals surface area contributed by atoms with Crippen LogP contribution in [0, 0.1) is 11.8 Å². The molecule has 1 aliphatic heterocycles. The highest BCUT2D eigenvalue weighted by Crippen LogP contribution is 2.28. The van der Waals surface area contributed by atoms with Crippen molar-refractivity contribution < 1.29 is 0 Å². The van der Waals surface area contributed by atoms with Gasteiger partial charge >= 0.3 is 0 Å². The van der Waals surface area contributed by atoms with Gasteiger partial charge in [-0.3, -0.25) is 0 Å². The highest BCUT2D eigenvalue weighted by Gasteiger charge is 2.19. The van der Waals surface area contributed by atoms with E-state index in [0.717, 1.165) is 19.0 Å². The predicted molar refractivity (Wildman–Crippen MR) is 79.0 cm³/mol. The molecule has 2 heteroatoms. The summed E-state index contributed by atoms with van der Waals surface area (Å²) in [5.74, 6) is 1.43. The van der Waals surface area contributed by atoms with Gasteiger partial charge < -0.3 is 10.6 Å². The minimum absolute atomic E-state index is 0.678. The Morgan fingerprint density at radius 2 is 2.06 bits per heavy atom. The smallest absolute Gasteiger partial charge is 0.0399 e. The van der Waals surface area contributed by atoms with Gasteiger partial charge in [-0.05, 0) is 49.3 Å². The molecule has 1 aromatic rings. The van der Waals surface area contributed by atoms with E-state index in [1.165, 1.54) is 37.1 Å².